The molecule has 1 aromatic carbocycles. The van der Waals surface area contributed by atoms with E-state index in [2.05, 4.69) is 28.2 Å². The lowest BCUT2D eigenvalue weighted by Crippen LogP contribution is -2.16. The normalized spacial score (nSPS) is 10.7. The number of hydrogen-bond donors (Lipinski definition) is 1. The number of nitrogens with one attached hydrogen (secondary N) is 1. The van der Waals surface area contributed by atoms with E-state index in [1.165, 1.54) is 23.1 Å². The molecule has 3 aromatic rings. The maximum absolute atomic E-state index is 12.7. The summed E-state index contributed by atoms with van der Waals surface area (Å²) in [6, 6.07) is 7.80. The molecule has 0 unspecified atom stereocenters. The fourth-order valence-corrected chi connectivity index (χ4v) is 5.14. The molecule has 0 aliphatic heterocycles. The number of allylic oxidation sites excluding steroid dienone is 1. The van der Waals surface area contributed by atoms with Crippen molar-refractivity contribution in [3.8, 4) is 5.75 Å². The highest BCUT2D eigenvalue weighted by molar-refractivity contribution is 7.99. The largest absolute Gasteiger partial charge is 0.486 e. The minimum atomic E-state index is -0.439. The van der Waals surface area contributed by atoms with Crippen LogP contribution in [-0.4, -0.2) is 39.0 Å². The zero-order chi connectivity index (χ0) is 25.4. The number of carbonyl (C=O) groups is 2. The van der Waals surface area contributed by atoms with Crippen LogP contribution in [0, 0.1) is 13.8 Å². The van der Waals surface area contributed by atoms with Crippen LogP contribution < -0.4 is 10.1 Å². The Morgan fingerprint density at radius 2 is 1.91 bits per heavy atom. The molecule has 186 valence electrons. The number of rotatable bonds is 12. The zero-order valence-corrected chi connectivity index (χ0v) is 22.1. The first-order valence-electron chi connectivity index (χ1n) is 11.3. The van der Waals surface area contributed by atoms with Gasteiger partial charge in [0.2, 0.25) is 5.91 Å². The number of benzene rings is 1. The summed E-state index contributed by atoms with van der Waals surface area (Å²) in [7, 11) is 0. The van der Waals surface area contributed by atoms with Crippen LogP contribution in [0.15, 0.2) is 42.1 Å². The molecule has 10 heteroatoms. The average molecular weight is 515 g/mol. The first-order valence-corrected chi connectivity index (χ1v) is 13.1. The van der Waals surface area contributed by atoms with E-state index in [1.807, 2.05) is 37.5 Å². The maximum atomic E-state index is 12.7. The minimum absolute atomic E-state index is 0.106. The van der Waals surface area contributed by atoms with Gasteiger partial charge in [0.25, 0.3) is 0 Å². The first kappa shape index (κ1) is 26.5. The molecule has 0 spiro atoms. The molecule has 0 saturated heterocycles. The zero-order valence-electron chi connectivity index (χ0n) is 20.4. The predicted molar refractivity (Wildman–Crippen MR) is 139 cm³/mol. The molecule has 0 bridgehead atoms. The Hall–Kier alpha value is -3.11. The quantitative estimate of drug-likeness (QED) is 0.202. The third-order valence-corrected chi connectivity index (χ3v) is 7.04. The van der Waals surface area contributed by atoms with Gasteiger partial charge in [-0.2, -0.15) is 0 Å². The van der Waals surface area contributed by atoms with E-state index in [-0.39, 0.29) is 24.9 Å². The molecule has 1 amide bonds. The highest BCUT2D eigenvalue weighted by atomic mass is 32.2. The van der Waals surface area contributed by atoms with Crippen molar-refractivity contribution in [1.82, 2.24) is 14.8 Å². The van der Waals surface area contributed by atoms with Gasteiger partial charge < -0.3 is 14.8 Å². The van der Waals surface area contributed by atoms with Gasteiger partial charge in [-0.05, 0) is 56.5 Å². The second kappa shape index (κ2) is 12.6. The van der Waals surface area contributed by atoms with Gasteiger partial charge in [0.05, 0.1) is 17.9 Å². The van der Waals surface area contributed by atoms with Gasteiger partial charge in [0.1, 0.15) is 17.4 Å². The number of anilines is 1. The first-order chi connectivity index (χ1) is 16.8. The molecule has 0 aliphatic carbocycles. The van der Waals surface area contributed by atoms with Crippen molar-refractivity contribution in [2.75, 3.05) is 17.7 Å². The summed E-state index contributed by atoms with van der Waals surface area (Å²) in [6.07, 6.45) is 2.51. The molecule has 0 saturated carbocycles. The second-order valence-corrected chi connectivity index (χ2v) is 9.86. The standard InChI is InChI=1S/C25H30N4O4S2/c1-6-9-29-21(14-33-18-11-16(4)10-17(5)12-18)27-28-25(29)34-15-22(30)26-23-20(24(31)32-8-3)13-19(7-2)35-23/h6,10-13H,1,7-9,14-15H2,2-5H3,(H,26,30). The fourth-order valence-electron chi connectivity index (χ4n) is 3.37. The van der Waals surface area contributed by atoms with E-state index in [0.29, 0.717) is 28.1 Å². The molecule has 0 aliphatic rings. The van der Waals surface area contributed by atoms with Crippen molar-refractivity contribution < 1.29 is 19.1 Å². The lowest BCUT2D eigenvalue weighted by molar-refractivity contribution is -0.113. The van der Waals surface area contributed by atoms with Crippen LogP contribution >= 0.6 is 23.1 Å². The van der Waals surface area contributed by atoms with Gasteiger partial charge in [0.15, 0.2) is 11.0 Å². The number of nitrogens with zero attached hydrogens (tertiary/aromatic N) is 3. The Kier molecular flexibility index (Phi) is 9.50. The summed E-state index contributed by atoms with van der Waals surface area (Å²) in [5, 5.41) is 12.4. The molecular weight excluding hydrogens is 484 g/mol. The van der Waals surface area contributed by atoms with Gasteiger partial charge in [-0.3, -0.25) is 9.36 Å². The number of thiophene rings is 1. The smallest absolute Gasteiger partial charge is 0.341 e. The predicted octanol–water partition coefficient (Wildman–Crippen LogP) is 5.19. The van der Waals surface area contributed by atoms with Crippen molar-refractivity contribution >= 4 is 40.0 Å². The number of ether oxygens (including phenoxy) is 2. The van der Waals surface area contributed by atoms with E-state index in [0.717, 1.165) is 28.2 Å². The third kappa shape index (κ3) is 7.19. The minimum Gasteiger partial charge on any atom is -0.486 e. The van der Waals surface area contributed by atoms with Crippen LogP contribution in [0.2, 0.25) is 0 Å². The molecule has 2 aromatic heterocycles. The molecule has 3 rings (SSSR count). The number of amides is 1. The van der Waals surface area contributed by atoms with Crippen LogP contribution in [0.5, 0.6) is 5.75 Å². The SMILES string of the molecule is C=CCn1c(COc2cc(C)cc(C)c2)nnc1SCC(=O)Nc1sc(CC)cc1C(=O)OCC. The number of esters is 1. The second-order valence-electron chi connectivity index (χ2n) is 7.78. The molecule has 0 atom stereocenters. The summed E-state index contributed by atoms with van der Waals surface area (Å²) in [6.45, 7) is 12.6. The van der Waals surface area contributed by atoms with Gasteiger partial charge >= 0.3 is 5.97 Å². The molecule has 0 radical (unpaired) electrons. The van der Waals surface area contributed by atoms with Crippen LogP contribution in [-0.2, 0) is 29.1 Å². The summed E-state index contributed by atoms with van der Waals surface area (Å²) >= 11 is 2.64. The monoisotopic (exact) mass is 514 g/mol. The van der Waals surface area contributed by atoms with Crippen molar-refractivity contribution in [2.45, 2.75) is 52.4 Å². The van der Waals surface area contributed by atoms with Gasteiger partial charge in [-0.25, -0.2) is 4.79 Å². The van der Waals surface area contributed by atoms with Crippen molar-refractivity contribution in [3.63, 3.8) is 0 Å². The average Bonchev–Trinajstić information content (AvgIpc) is 3.40. The molecule has 0 fully saturated rings. The highest BCUT2D eigenvalue weighted by Crippen LogP contribution is 2.30. The van der Waals surface area contributed by atoms with E-state index in [1.54, 1.807) is 19.1 Å². The van der Waals surface area contributed by atoms with Crippen LogP contribution in [0.3, 0.4) is 0 Å². The molecule has 8 nitrogen and oxygen atoms in total. The summed E-state index contributed by atoms with van der Waals surface area (Å²) in [5.41, 5.74) is 2.63. The molecule has 2 heterocycles. The Morgan fingerprint density at radius 1 is 1.17 bits per heavy atom. The Morgan fingerprint density at radius 3 is 2.57 bits per heavy atom. The van der Waals surface area contributed by atoms with Crippen molar-refractivity contribution in [2.24, 2.45) is 0 Å². The summed E-state index contributed by atoms with van der Waals surface area (Å²) in [5.74, 6) is 0.831. The summed E-state index contributed by atoms with van der Waals surface area (Å²) < 4.78 is 12.9. The van der Waals surface area contributed by atoms with E-state index in [4.69, 9.17) is 9.47 Å². The topological polar surface area (TPSA) is 95.3 Å². The van der Waals surface area contributed by atoms with Gasteiger partial charge in [0, 0.05) is 11.4 Å². The summed E-state index contributed by atoms with van der Waals surface area (Å²) in [4.78, 5) is 25.9. The van der Waals surface area contributed by atoms with E-state index >= 15 is 0 Å². The fraction of sp³-hybridized carbons (Fsp3) is 0.360. The van der Waals surface area contributed by atoms with Gasteiger partial charge in [-0.1, -0.05) is 30.8 Å². The lowest BCUT2D eigenvalue weighted by atomic mass is 10.1. The highest BCUT2D eigenvalue weighted by Gasteiger charge is 2.20. The molecular formula is C25H30N4O4S2. The van der Waals surface area contributed by atoms with Crippen molar-refractivity contribution in [3.05, 3.63) is 64.3 Å². The maximum Gasteiger partial charge on any atom is 0.341 e. The number of aryl methyl sites for hydroxylation is 3. The number of carbonyl (C=O) groups excluding carboxylic acids is 2. The van der Waals surface area contributed by atoms with Crippen molar-refractivity contribution in [1.29, 1.82) is 0 Å². The van der Waals surface area contributed by atoms with E-state index < -0.39 is 5.97 Å². The van der Waals surface area contributed by atoms with E-state index in [9.17, 15) is 9.59 Å². The number of thioether (sulfide) groups is 1. The molecule has 35 heavy (non-hydrogen) atoms. The van der Waals surface area contributed by atoms with Crippen LogP contribution in [0.4, 0.5) is 5.00 Å². The number of aromatic nitrogens is 3. The Balaban J connectivity index is 1.66. The van der Waals surface area contributed by atoms with Crippen LogP contribution in [0.25, 0.3) is 0 Å². The van der Waals surface area contributed by atoms with Gasteiger partial charge in [-0.15, -0.1) is 28.1 Å². The lowest BCUT2D eigenvalue weighted by Gasteiger charge is -2.10. The molecule has 1 N–H and O–H groups in total. The Labute approximate surface area is 213 Å². The third-order valence-electron chi connectivity index (χ3n) is 4.88. The number of hydrogen-bond acceptors (Lipinski definition) is 8. The van der Waals surface area contributed by atoms with Crippen LogP contribution in [0.1, 0.15) is 46.0 Å². The Bertz CT molecular complexity index is 1180.